The normalized spacial score (nSPS) is 36.7. The Morgan fingerprint density at radius 2 is 1.89 bits per heavy atom. The molecule has 1 aromatic carbocycles. The molecule has 1 saturated heterocycles. The van der Waals surface area contributed by atoms with Gasteiger partial charge in [-0.2, -0.15) is 0 Å². The molecule has 2 aliphatic rings. The van der Waals surface area contributed by atoms with Crippen molar-refractivity contribution >= 4 is 0 Å². The molecule has 98 valence electrons. The Morgan fingerprint density at radius 1 is 1.06 bits per heavy atom. The SMILES string of the molecule is OC1CCC(c2ccccc2)CC1C1CCOC1. The van der Waals surface area contributed by atoms with Gasteiger partial charge in [-0.1, -0.05) is 30.3 Å². The highest BCUT2D eigenvalue weighted by Gasteiger charge is 2.36. The number of hydrogen-bond donors (Lipinski definition) is 1. The number of benzene rings is 1. The Labute approximate surface area is 109 Å². The number of ether oxygens (including phenoxy) is 1. The van der Waals surface area contributed by atoms with Crippen LogP contribution in [0.5, 0.6) is 0 Å². The first-order valence-corrected chi connectivity index (χ1v) is 7.15. The van der Waals surface area contributed by atoms with Crippen LogP contribution in [0.3, 0.4) is 0 Å². The first-order chi connectivity index (χ1) is 8.84. The van der Waals surface area contributed by atoms with E-state index in [-0.39, 0.29) is 6.10 Å². The molecule has 18 heavy (non-hydrogen) atoms. The second-order valence-electron chi connectivity index (χ2n) is 5.78. The van der Waals surface area contributed by atoms with Crippen molar-refractivity contribution < 1.29 is 9.84 Å². The van der Waals surface area contributed by atoms with E-state index in [1.165, 1.54) is 5.56 Å². The van der Waals surface area contributed by atoms with Gasteiger partial charge in [0.25, 0.3) is 0 Å². The maximum Gasteiger partial charge on any atom is 0.0572 e. The smallest absolute Gasteiger partial charge is 0.0572 e. The first-order valence-electron chi connectivity index (χ1n) is 7.15. The highest BCUT2D eigenvalue weighted by atomic mass is 16.5. The molecule has 0 amide bonds. The predicted molar refractivity (Wildman–Crippen MR) is 71.5 cm³/mol. The van der Waals surface area contributed by atoms with Crippen molar-refractivity contribution in [2.75, 3.05) is 13.2 Å². The Bertz CT molecular complexity index is 370. The van der Waals surface area contributed by atoms with Gasteiger partial charge >= 0.3 is 0 Å². The summed E-state index contributed by atoms with van der Waals surface area (Å²) in [5.74, 6) is 1.64. The number of rotatable bonds is 2. The van der Waals surface area contributed by atoms with Crippen molar-refractivity contribution in [1.82, 2.24) is 0 Å². The van der Waals surface area contributed by atoms with Gasteiger partial charge in [-0.3, -0.25) is 0 Å². The Morgan fingerprint density at radius 3 is 2.61 bits per heavy atom. The summed E-state index contributed by atoms with van der Waals surface area (Å²) in [6.07, 6.45) is 4.20. The van der Waals surface area contributed by atoms with Crippen LogP contribution in [-0.2, 0) is 4.74 Å². The minimum atomic E-state index is -0.114. The van der Waals surface area contributed by atoms with Gasteiger partial charge in [-0.15, -0.1) is 0 Å². The summed E-state index contributed by atoms with van der Waals surface area (Å²) in [7, 11) is 0. The fourth-order valence-corrected chi connectivity index (χ4v) is 3.61. The summed E-state index contributed by atoms with van der Waals surface area (Å²) in [6, 6.07) is 10.8. The van der Waals surface area contributed by atoms with E-state index in [1.807, 2.05) is 0 Å². The van der Waals surface area contributed by atoms with Crippen molar-refractivity contribution in [1.29, 1.82) is 0 Å². The Hall–Kier alpha value is -0.860. The summed E-state index contributed by atoms with van der Waals surface area (Å²) < 4.78 is 5.49. The van der Waals surface area contributed by atoms with E-state index in [4.69, 9.17) is 4.74 Å². The molecule has 1 aliphatic carbocycles. The third-order valence-electron chi connectivity index (χ3n) is 4.70. The van der Waals surface area contributed by atoms with Crippen LogP contribution in [0.1, 0.15) is 37.2 Å². The number of hydrogen-bond acceptors (Lipinski definition) is 2. The van der Waals surface area contributed by atoms with Gasteiger partial charge in [-0.25, -0.2) is 0 Å². The maximum atomic E-state index is 10.2. The standard InChI is InChI=1S/C16H22O2/c17-16-7-6-13(12-4-2-1-3-5-12)10-15(16)14-8-9-18-11-14/h1-5,13-17H,6-11H2. The molecule has 2 fully saturated rings. The molecular weight excluding hydrogens is 224 g/mol. The zero-order valence-electron chi connectivity index (χ0n) is 10.8. The van der Waals surface area contributed by atoms with Crippen LogP contribution in [0.25, 0.3) is 0 Å². The van der Waals surface area contributed by atoms with Gasteiger partial charge in [0, 0.05) is 13.2 Å². The molecule has 0 bridgehead atoms. The summed E-state index contributed by atoms with van der Waals surface area (Å²) in [5.41, 5.74) is 1.44. The molecule has 1 N–H and O–H groups in total. The molecule has 0 spiro atoms. The van der Waals surface area contributed by atoms with Gasteiger partial charge in [0.15, 0.2) is 0 Å². The van der Waals surface area contributed by atoms with Crippen LogP contribution in [0.4, 0.5) is 0 Å². The van der Waals surface area contributed by atoms with Crippen LogP contribution in [0, 0.1) is 11.8 Å². The Balaban J connectivity index is 1.71. The molecule has 1 heterocycles. The molecular formula is C16H22O2. The van der Waals surface area contributed by atoms with Crippen molar-refractivity contribution in [3.63, 3.8) is 0 Å². The summed E-state index contributed by atoms with van der Waals surface area (Å²) in [5, 5.41) is 10.2. The summed E-state index contributed by atoms with van der Waals surface area (Å²) in [6.45, 7) is 1.73. The molecule has 0 radical (unpaired) electrons. The topological polar surface area (TPSA) is 29.5 Å². The lowest BCUT2D eigenvalue weighted by atomic mass is 9.71. The molecule has 0 aromatic heterocycles. The second-order valence-corrected chi connectivity index (χ2v) is 5.78. The van der Waals surface area contributed by atoms with Crippen LogP contribution in [0.2, 0.25) is 0 Å². The van der Waals surface area contributed by atoms with E-state index >= 15 is 0 Å². The van der Waals surface area contributed by atoms with Crippen molar-refractivity contribution in [2.45, 2.75) is 37.7 Å². The summed E-state index contributed by atoms with van der Waals surface area (Å²) >= 11 is 0. The molecule has 1 saturated carbocycles. The lowest BCUT2D eigenvalue weighted by molar-refractivity contribution is 0.0253. The Kier molecular flexibility index (Phi) is 3.67. The predicted octanol–water partition coefficient (Wildman–Crippen LogP) is 2.97. The molecule has 2 nitrogen and oxygen atoms in total. The van der Waals surface area contributed by atoms with Crippen LogP contribution in [0.15, 0.2) is 30.3 Å². The molecule has 1 aliphatic heterocycles. The van der Waals surface area contributed by atoms with Crippen molar-refractivity contribution in [2.24, 2.45) is 11.8 Å². The first kappa shape index (κ1) is 12.2. The van der Waals surface area contributed by atoms with Crippen molar-refractivity contribution in [3.05, 3.63) is 35.9 Å². The largest absolute Gasteiger partial charge is 0.393 e. The molecule has 2 heteroatoms. The zero-order chi connectivity index (χ0) is 12.4. The maximum absolute atomic E-state index is 10.2. The average molecular weight is 246 g/mol. The monoisotopic (exact) mass is 246 g/mol. The lowest BCUT2D eigenvalue weighted by Gasteiger charge is -2.36. The van der Waals surface area contributed by atoms with Crippen molar-refractivity contribution in [3.8, 4) is 0 Å². The zero-order valence-corrected chi connectivity index (χ0v) is 10.8. The second kappa shape index (κ2) is 5.41. The van der Waals surface area contributed by atoms with Gasteiger partial charge in [0.2, 0.25) is 0 Å². The minimum absolute atomic E-state index is 0.114. The number of aliphatic hydroxyl groups is 1. The van der Waals surface area contributed by atoms with Gasteiger partial charge < -0.3 is 9.84 Å². The average Bonchev–Trinajstić information content (AvgIpc) is 2.94. The van der Waals surface area contributed by atoms with Crippen LogP contribution in [-0.4, -0.2) is 24.4 Å². The van der Waals surface area contributed by atoms with E-state index in [0.29, 0.717) is 17.8 Å². The van der Waals surface area contributed by atoms with Gasteiger partial charge in [0.1, 0.15) is 0 Å². The van der Waals surface area contributed by atoms with E-state index in [2.05, 4.69) is 30.3 Å². The molecule has 1 aromatic rings. The van der Waals surface area contributed by atoms with E-state index in [9.17, 15) is 5.11 Å². The fourth-order valence-electron chi connectivity index (χ4n) is 3.61. The van der Waals surface area contributed by atoms with Gasteiger partial charge in [-0.05, 0) is 49.0 Å². The van der Waals surface area contributed by atoms with E-state index < -0.39 is 0 Å². The third kappa shape index (κ3) is 2.45. The van der Waals surface area contributed by atoms with Gasteiger partial charge in [0.05, 0.1) is 6.10 Å². The molecule has 4 atom stereocenters. The summed E-state index contributed by atoms with van der Waals surface area (Å²) in [4.78, 5) is 0. The third-order valence-corrected chi connectivity index (χ3v) is 4.70. The molecule has 4 unspecified atom stereocenters. The lowest BCUT2D eigenvalue weighted by Crippen LogP contribution is -2.34. The highest BCUT2D eigenvalue weighted by molar-refractivity contribution is 5.20. The number of aliphatic hydroxyl groups excluding tert-OH is 1. The fraction of sp³-hybridized carbons (Fsp3) is 0.625. The molecule has 3 rings (SSSR count). The van der Waals surface area contributed by atoms with Crippen LogP contribution >= 0.6 is 0 Å². The van der Waals surface area contributed by atoms with E-state index in [1.54, 1.807) is 0 Å². The highest BCUT2D eigenvalue weighted by Crippen LogP contribution is 2.41. The quantitative estimate of drug-likeness (QED) is 0.869. The van der Waals surface area contributed by atoms with E-state index in [0.717, 1.165) is 38.9 Å². The van der Waals surface area contributed by atoms with Crippen LogP contribution < -0.4 is 0 Å². The minimum Gasteiger partial charge on any atom is -0.393 e.